The summed E-state index contributed by atoms with van der Waals surface area (Å²) < 4.78 is 5.65. The fraction of sp³-hybridized carbons (Fsp3) is 0.455. The van der Waals surface area contributed by atoms with Gasteiger partial charge in [-0.3, -0.25) is 0 Å². The topological polar surface area (TPSA) is 38.2 Å². The molecule has 4 nitrogen and oxygen atoms in total. The molecule has 0 unspecified atom stereocenters. The van der Waals surface area contributed by atoms with Crippen LogP contribution in [0.5, 0.6) is 5.88 Å². The van der Waals surface area contributed by atoms with Crippen molar-refractivity contribution in [2.75, 3.05) is 27.2 Å². The molecular formula is C11H14ClN3OS. The molecule has 0 aliphatic heterocycles. The van der Waals surface area contributed by atoms with Gasteiger partial charge in [0.1, 0.15) is 4.83 Å². The van der Waals surface area contributed by atoms with Gasteiger partial charge >= 0.3 is 0 Å². The van der Waals surface area contributed by atoms with Crippen LogP contribution in [-0.2, 0) is 0 Å². The maximum Gasteiger partial charge on any atom is 0.227 e. The van der Waals surface area contributed by atoms with Crippen LogP contribution in [0.15, 0.2) is 11.4 Å². The van der Waals surface area contributed by atoms with Crippen LogP contribution in [-0.4, -0.2) is 42.1 Å². The van der Waals surface area contributed by atoms with E-state index >= 15 is 0 Å². The first kappa shape index (κ1) is 12.5. The van der Waals surface area contributed by atoms with E-state index in [4.69, 9.17) is 16.3 Å². The summed E-state index contributed by atoms with van der Waals surface area (Å²) in [7, 11) is 4.08. The van der Waals surface area contributed by atoms with Crippen molar-refractivity contribution in [2.24, 2.45) is 0 Å². The Balaban J connectivity index is 2.04. The normalized spacial score (nSPS) is 11.3. The fourth-order valence-electron chi connectivity index (χ4n) is 1.46. The zero-order valence-corrected chi connectivity index (χ0v) is 11.4. The average Bonchev–Trinajstić information content (AvgIpc) is 2.71. The highest BCUT2D eigenvalue weighted by Crippen LogP contribution is 2.27. The molecule has 2 aromatic rings. The molecule has 0 spiro atoms. The third kappa shape index (κ3) is 3.28. The van der Waals surface area contributed by atoms with Gasteiger partial charge < -0.3 is 9.64 Å². The Hall–Kier alpha value is -0.910. The summed E-state index contributed by atoms with van der Waals surface area (Å²) in [4.78, 5) is 11.2. The van der Waals surface area contributed by atoms with E-state index in [2.05, 4.69) is 14.9 Å². The summed E-state index contributed by atoms with van der Waals surface area (Å²) in [5.41, 5.74) is 0. The Morgan fingerprint density at radius 1 is 1.41 bits per heavy atom. The summed E-state index contributed by atoms with van der Waals surface area (Å²) in [5.74, 6) is 0.583. The summed E-state index contributed by atoms with van der Waals surface area (Å²) in [6.07, 6.45) is 0.959. The van der Waals surface area contributed by atoms with Gasteiger partial charge in [-0.25, -0.2) is 4.98 Å². The van der Waals surface area contributed by atoms with E-state index in [0.29, 0.717) is 12.5 Å². The number of hydrogen-bond acceptors (Lipinski definition) is 5. The lowest BCUT2D eigenvalue weighted by molar-refractivity contribution is 0.276. The molecule has 6 heteroatoms. The zero-order chi connectivity index (χ0) is 12.3. The molecule has 2 aromatic heterocycles. The molecule has 0 N–H and O–H groups in total. The molecule has 0 atom stereocenters. The molecular weight excluding hydrogens is 258 g/mol. The first-order valence-corrected chi connectivity index (χ1v) is 6.61. The van der Waals surface area contributed by atoms with Gasteiger partial charge in [0.25, 0.3) is 0 Å². The molecule has 0 saturated carbocycles. The first-order valence-electron chi connectivity index (χ1n) is 5.35. The van der Waals surface area contributed by atoms with Gasteiger partial charge in [0.15, 0.2) is 0 Å². The number of rotatable bonds is 5. The first-order chi connectivity index (χ1) is 8.16. The summed E-state index contributed by atoms with van der Waals surface area (Å²) >= 11 is 7.38. The molecule has 0 aliphatic rings. The number of halogens is 1. The van der Waals surface area contributed by atoms with Crippen LogP contribution in [0, 0.1) is 0 Å². The largest absolute Gasteiger partial charge is 0.477 e. The predicted molar refractivity (Wildman–Crippen MR) is 71.1 cm³/mol. The molecule has 0 bridgehead atoms. The third-order valence-corrected chi connectivity index (χ3v) is 3.23. The minimum Gasteiger partial charge on any atom is -0.477 e. The van der Waals surface area contributed by atoms with Crippen LogP contribution in [0.25, 0.3) is 10.2 Å². The lowest BCUT2D eigenvalue weighted by Crippen LogP contribution is -2.15. The zero-order valence-electron chi connectivity index (χ0n) is 9.81. The molecule has 0 aliphatic carbocycles. The second-order valence-electron chi connectivity index (χ2n) is 3.94. The van der Waals surface area contributed by atoms with Crippen LogP contribution in [0.3, 0.4) is 0 Å². The highest BCUT2D eigenvalue weighted by molar-refractivity contribution is 7.16. The number of fused-ring (bicyclic) bond motifs is 1. The maximum atomic E-state index is 5.84. The summed E-state index contributed by atoms with van der Waals surface area (Å²) in [5, 5.41) is 3.13. The standard InChI is InChI=1S/C11H14ClN3OS/c1-15(2)5-3-6-16-9-8-4-7-17-10(8)14-11(12)13-9/h4,7H,3,5-6H2,1-2H3. The monoisotopic (exact) mass is 271 g/mol. The van der Waals surface area contributed by atoms with Crippen molar-refractivity contribution in [1.29, 1.82) is 0 Å². The van der Waals surface area contributed by atoms with E-state index in [-0.39, 0.29) is 5.28 Å². The van der Waals surface area contributed by atoms with E-state index in [9.17, 15) is 0 Å². The van der Waals surface area contributed by atoms with Gasteiger partial charge in [0.05, 0.1) is 12.0 Å². The summed E-state index contributed by atoms with van der Waals surface area (Å²) in [6, 6.07) is 1.96. The Morgan fingerprint density at radius 2 is 2.24 bits per heavy atom. The van der Waals surface area contributed by atoms with E-state index < -0.39 is 0 Å². The molecule has 0 saturated heterocycles. The lowest BCUT2D eigenvalue weighted by atomic mass is 10.4. The smallest absolute Gasteiger partial charge is 0.227 e. The van der Waals surface area contributed by atoms with Crippen molar-refractivity contribution in [2.45, 2.75) is 6.42 Å². The van der Waals surface area contributed by atoms with Crippen molar-refractivity contribution in [3.05, 3.63) is 16.7 Å². The Bertz CT molecular complexity index is 500. The van der Waals surface area contributed by atoms with Gasteiger partial charge in [0, 0.05) is 6.54 Å². The van der Waals surface area contributed by atoms with Crippen LogP contribution in [0.4, 0.5) is 0 Å². The van der Waals surface area contributed by atoms with Crippen molar-refractivity contribution < 1.29 is 4.74 Å². The molecule has 0 aromatic carbocycles. The van der Waals surface area contributed by atoms with Crippen LogP contribution >= 0.6 is 22.9 Å². The second-order valence-corrected chi connectivity index (χ2v) is 5.18. The highest BCUT2D eigenvalue weighted by atomic mass is 35.5. The van der Waals surface area contributed by atoms with Crippen LogP contribution in [0.2, 0.25) is 5.28 Å². The van der Waals surface area contributed by atoms with Crippen molar-refractivity contribution in [1.82, 2.24) is 14.9 Å². The minimum absolute atomic E-state index is 0.238. The number of aromatic nitrogens is 2. The van der Waals surface area contributed by atoms with Gasteiger partial charge in [-0.1, -0.05) is 0 Å². The van der Waals surface area contributed by atoms with E-state index in [1.54, 1.807) is 0 Å². The second kappa shape index (κ2) is 5.62. The van der Waals surface area contributed by atoms with E-state index in [1.165, 1.54) is 11.3 Å². The number of nitrogens with zero attached hydrogens (tertiary/aromatic N) is 3. The lowest BCUT2D eigenvalue weighted by Gasteiger charge is -2.10. The van der Waals surface area contributed by atoms with Crippen LogP contribution < -0.4 is 4.74 Å². The minimum atomic E-state index is 0.238. The van der Waals surface area contributed by atoms with E-state index in [0.717, 1.165) is 23.2 Å². The maximum absolute atomic E-state index is 5.84. The van der Waals surface area contributed by atoms with Crippen molar-refractivity contribution in [3.8, 4) is 5.88 Å². The Kier molecular flexibility index (Phi) is 4.15. The number of thiophene rings is 1. The molecule has 17 heavy (non-hydrogen) atoms. The highest BCUT2D eigenvalue weighted by Gasteiger charge is 2.08. The summed E-state index contributed by atoms with van der Waals surface area (Å²) in [6.45, 7) is 1.63. The van der Waals surface area contributed by atoms with Gasteiger partial charge in [-0.05, 0) is 43.6 Å². The predicted octanol–water partition coefficient (Wildman–Crippen LogP) is 2.68. The van der Waals surface area contributed by atoms with Gasteiger partial charge in [0.2, 0.25) is 11.2 Å². The van der Waals surface area contributed by atoms with Gasteiger partial charge in [-0.15, -0.1) is 11.3 Å². The van der Waals surface area contributed by atoms with E-state index in [1.807, 2.05) is 25.5 Å². The quantitative estimate of drug-likeness (QED) is 0.619. The number of hydrogen-bond donors (Lipinski definition) is 0. The Morgan fingerprint density at radius 3 is 3.00 bits per heavy atom. The molecule has 2 rings (SSSR count). The molecule has 0 radical (unpaired) electrons. The number of ether oxygens (including phenoxy) is 1. The third-order valence-electron chi connectivity index (χ3n) is 2.25. The average molecular weight is 272 g/mol. The fourth-order valence-corrected chi connectivity index (χ4v) is 2.43. The van der Waals surface area contributed by atoms with Gasteiger partial charge in [-0.2, -0.15) is 4.98 Å². The Labute approximate surface area is 109 Å². The SMILES string of the molecule is CN(C)CCCOc1nc(Cl)nc2sccc12. The molecule has 0 amide bonds. The van der Waals surface area contributed by atoms with Crippen LogP contribution in [0.1, 0.15) is 6.42 Å². The van der Waals surface area contributed by atoms with Crippen molar-refractivity contribution >= 4 is 33.2 Å². The molecule has 0 fully saturated rings. The molecule has 2 heterocycles. The van der Waals surface area contributed by atoms with Crippen molar-refractivity contribution in [3.63, 3.8) is 0 Å². The molecule has 92 valence electrons.